The molecule has 0 spiro atoms. The van der Waals surface area contributed by atoms with Gasteiger partial charge in [-0.1, -0.05) is 12.1 Å². The Labute approximate surface area is 107 Å². The SMILES string of the molecule is CC(C)(NC(=O)[CH]Cc1ccc(N)cc1)C(N)=O. The molecule has 0 saturated carbocycles. The van der Waals surface area contributed by atoms with E-state index in [1.165, 1.54) is 6.42 Å². The number of nitrogen functional groups attached to an aromatic ring is 1. The zero-order valence-electron chi connectivity index (χ0n) is 10.6. The minimum Gasteiger partial charge on any atom is -0.399 e. The summed E-state index contributed by atoms with van der Waals surface area (Å²) in [4.78, 5) is 22.7. The molecule has 0 atom stereocenters. The van der Waals surface area contributed by atoms with Gasteiger partial charge in [-0.2, -0.15) is 0 Å². The number of hydrogen-bond acceptors (Lipinski definition) is 3. The highest BCUT2D eigenvalue weighted by atomic mass is 16.2. The van der Waals surface area contributed by atoms with Crippen LogP contribution >= 0.6 is 0 Å². The number of rotatable bonds is 5. The maximum atomic E-state index is 11.6. The van der Waals surface area contributed by atoms with Crippen LogP contribution in [0.4, 0.5) is 5.69 Å². The van der Waals surface area contributed by atoms with E-state index in [-0.39, 0.29) is 5.91 Å². The lowest BCUT2D eigenvalue weighted by molar-refractivity contribution is -0.128. The van der Waals surface area contributed by atoms with Gasteiger partial charge in [0.1, 0.15) is 5.54 Å². The lowest BCUT2D eigenvalue weighted by Gasteiger charge is -2.22. The lowest BCUT2D eigenvalue weighted by atomic mass is 10.0. The van der Waals surface area contributed by atoms with Crippen molar-refractivity contribution in [3.63, 3.8) is 0 Å². The molecule has 0 aliphatic carbocycles. The molecule has 0 aromatic heterocycles. The second kappa shape index (κ2) is 5.53. The molecule has 0 heterocycles. The Hall–Kier alpha value is -2.04. The summed E-state index contributed by atoms with van der Waals surface area (Å²) >= 11 is 0. The first-order valence-electron chi connectivity index (χ1n) is 5.61. The van der Waals surface area contributed by atoms with E-state index in [1.807, 2.05) is 12.1 Å². The molecule has 0 aliphatic heterocycles. The van der Waals surface area contributed by atoms with Gasteiger partial charge < -0.3 is 16.8 Å². The topological polar surface area (TPSA) is 98.2 Å². The molecular weight excluding hydrogens is 230 g/mol. The second-order valence-electron chi connectivity index (χ2n) is 4.63. The molecule has 1 rings (SSSR count). The van der Waals surface area contributed by atoms with E-state index in [0.717, 1.165) is 5.56 Å². The first-order valence-corrected chi connectivity index (χ1v) is 5.61. The third kappa shape index (κ3) is 4.08. The van der Waals surface area contributed by atoms with Crippen molar-refractivity contribution in [3.8, 4) is 0 Å². The Morgan fingerprint density at radius 3 is 2.33 bits per heavy atom. The first kappa shape index (κ1) is 14.0. The molecule has 0 bridgehead atoms. The molecule has 18 heavy (non-hydrogen) atoms. The van der Waals surface area contributed by atoms with E-state index in [2.05, 4.69) is 5.32 Å². The van der Waals surface area contributed by atoms with Crippen LogP contribution in [0.25, 0.3) is 0 Å². The Morgan fingerprint density at radius 2 is 1.83 bits per heavy atom. The van der Waals surface area contributed by atoms with Crippen LogP contribution in [0.15, 0.2) is 24.3 Å². The quantitative estimate of drug-likeness (QED) is 0.657. The van der Waals surface area contributed by atoms with E-state index >= 15 is 0 Å². The molecule has 1 aromatic rings. The predicted octanol–water partition coefficient (Wildman–Crippen LogP) is 0.396. The van der Waals surface area contributed by atoms with Gasteiger partial charge in [0.15, 0.2) is 0 Å². The summed E-state index contributed by atoms with van der Waals surface area (Å²) in [5.74, 6) is -0.896. The summed E-state index contributed by atoms with van der Waals surface area (Å²) in [5, 5.41) is 2.54. The van der Waals surface area contributed by atoms with Crippen LogP contribution in [0, 0.1) is 6.42 Å². The van der Waals surface area contributed by atoms with Crippen LogP contribution in [-0.2, 0) is 16.0 Å². The third-order valence-corrected chi connectivity index (χ3v) is 2.55. The second-order valence-corrected chi connectivity index (χ2v) is 4.63. The summed E-state index contributed by atoms with van der Waals surface area (Å²) in [6.07, 6.45) is 1.94. The molecule has 0 saturated heterocycles. The van der Waals surface area contributed by atoms with Crippen molar-refractivity contribution in [2.45, 2.75) is 25.8 Å². The van der Waals surface area contributed by atoms with Gasteiger partial charge in [0.2, 0.25) is 11.8 Å². The van der Waals surface area contributed by atoms with Gasteiger partial charge in [0.25, 0.3) is 0 Å². The summed E-state index contributed by atoms with van der Waals surface area (Å²) < 4.78 is 0. The van der Waals surface area contributed by atoms with E-state index in [9.17, 15) is 9.59 Å². The molecule has 5 nitrogen and oxygen atoms in total. The molecule has 5 heteroatoms. The maximum Gasteiger partial charge on any atom is 0.242 e. The summed E-state index contributed by atoms with van der Waals surface area (Å²) in [6.45, 7) is 3.12. The zero-order valence-corrected chi connectivity index (χ0v) is 10.6. The minimum atomic E-state index is -1.05. The minimum absolute atomic E-state index is 0.323. The molecular formula is C13H18N3O2. The van der Waals surface area contributed by atoms with Crippen molar-refractivity contribution in [3.05, 3.63) is 36.2 Å². The van der Waals surface area contributed by atoms with Gasteiger partial charge in [-0.25, -0.2) is 0 Å². The largest absolute Gasteiger partial charge is 0.399 e. The fourth-order valence-corrected chi connectivity index (χ4v) is 1.28. The average molecular weight is 248 g/mol. The highest BCUT2D eigenvalue weighted by Gasteiger charge is 2.26. The van der Waals surface area contributed by atoms with Gasteiger partial charge in [0, 0.05) is 5.69 Å². The number of primary amides is 1. The van der Waals surface area contributed by atoms with Crippen molar-refractivity contribution in [2.24, 2.45) is 5.73 Å². The van der Waals surface area contributed by atoms with Crippen molar-refractivity contribution >= 4 is 17.5 Å². The Bertz CT molecular complexity index is 438. The summed E-state index contributed by atoms with van der Waals surface area (Å²) in [5.41, 5.74) is 11.3. The van der Waals surface area contributed by atoms with Crippen LogP contribution in [0.2, 0.25) is 0 Å². The van der Waals surface area contributed by atoms with Crippen molar-refractivity contribution in [2.75, 3.05) is 5.73 Å². The number of nitrogens with two attached hydrogens (primary N) is 2. The van der Waals surface area contributed by atoms with Crippen LogP contribution in [0.3, 0.4) is 0 Å². The summed E-state index contributed by atoms with van der Waals surface area (Å²) in [6, 6.07) is 7.24. The first-order chi connectivity index (χ1) is 8.31. The molecule has 0 unspecified atom stereocenters. The van der Waals surface area contributed by atoms with Crippen LogP contribution < -0.4 is 16.8 Å². The molecule has 0 aliphatic rings. The number of carbonyl (C=O) groups excluding carboxylic acids is 2. The number of carbonyl (C=O) groups is 2. The Balaban J connectivity index is 2.47. The van der Waals surface area contributed by atoms with Crippen LogP contribution in [-0.4, -0.2) is 17.4 Å². The normalized spacial score (nSPS) is 11.0. The van der Waals surface area contributed by atoms with Gasteiger partial charge in [0.05, 0.1) is 6.42 Å². The molecule has 97 valence electrons. The standard InChI is InChI=1S/C13H18N3O2/c1-13(2,12(15)18)16-11(17)8-5-9-3-6-10(14)7-4-9/h3-4,6-8H,5,14H2,1-2H3,(H2,15,18)(H,16,17). The number of hydrogen-bond donors (Lipinski definition) is 3. The average Bonchev–Trinajstić information content (AvgIpc) is 2.27. The third-order valence-electron chi connectivity index (χ3n) is 2.55. The Kier molecular flexibility index (Phi) is 4.31. The molecule has 1 aromatic carbocycles. The number of amides is 2. The fraction of sp³-hybridized carbons (Fsp3) is 0.308. The molecule has 2 amide bonds. The monoisotopic (exact) mass is 248 g/mol. The van der Waals surface area contributed by atoms with E-state index in [0.29, 0.717) is 12.1 Å². The molecule has 5 N–H and O–H groups in total. The molecule has 1 radical (unpaired) electrons. The van der Waals surface area contributed by atoms with Crippen LogP contribution in [0.5, 0.6) is 0 Å². The van der Waals surface area contributed by atoms with Crippen molar-refractivity contribution < 1.29 is 9.59 Å². The van der Waals surface area contributed by atoms with Gasteiger partial charge in [-0.15, -0.1) is 0 Å². The van der Waals surface area contributed by atoms with Crippen LogP contribution in [0.1, 0.15) is 19.4 Å². The van der Waals surface area contributed by atoms with E-state index in [4.69, 9.17) is 11.5 Å². The van der Waals surface area contributed by atoms with E-state index < -0.39 is 11.4 Å². The number of benzene rings is 1. The highest BCUT2D eigenvalue weighted by molar-refractivity contribution is 5.93. The summed E-state index contributed by atoms with van der Waals surface area (Å²) in [7, 11) is 0. The fourth-order valence-electron chi connectivity index (χ4n) is 1.28. The smallest absolute Gasteiger partial charge is 0.242 e. The van der Waals surface area contributed by atoms with Gasteiger partial charge in [-0.3, -0.25) is 9.59 Å². The zero-order chi connectivity index (χ0) is 13.8. The highest BCUT2D eigenvalue weighted by Crippen LogP contribution is 2.08. The van der Waals surface area contributed by atoms with Gasteiger partial charge in [-0.05, 0) is 38.0 Å². The van der Waals surface area contributed by atoms with Crippen molar-refractivity contribution in [1.29, 1.82) is 0 Å². The van der Waals surface area contributed by atoms with E-state index in [1.54, 1.807) is 26.0 Å². The molecule has 0 fully saturated rings. The van der Waals surface area contributed by atoms with Crippen molar-refractivity contribution in [1.82, 2.24) is 5.32 Å². The Morgan fingerprint density at radius 1 is 1.28 bits per heavy atom. The predicted molar refractivity (Wildman–Crippen MR) is 70.3 cm³/mol. The maximum absolute atomic E-state index is 11.6. The van der Waals surface area contributed by atoms with Gasteiger partial charge >= 0.3 is 0 Å². The number of anilines is 1. The lowest BCUT2D eigenvalue weighted by Crippen LogP contribution is -2.53. The number of nitrogens with one attached hydrogen (secondary N) is 1.